The van der Waals surface area contributed by atoms with E-state index in [2.05, 4.69) is 4.74 Å². The second-order valence-electron chi connectivity index (χ2n) is 3.82. The van der Waals surface area contributed by atoms with Crippen molar-refractivity contribution in [2.45, 2.75) is 19.0 Å². The Morgan fingerprint density at radius 2 is 2.33 bits per heavy atom. The number of carbonyl (C=O) groups excluding carboxylic acids is 1. The molecule has 2 N–H and O–H groups in total. The molecular formula is C10H16F2N2O3S. The molecule has 0 aliphatic carbocycles. The molecule has 0 radical (unpaired) electrons. The van der Waals surface area contributed by atoms with E-state index in [1.807, 2.05) is 0 Å². The lowest BCUT2D eigenvalue weighted by Gasteiger charge is -2.32. The van der Waals surface area contributed by atoms with E-state index in [1.165, 1.54) is 0 Å². The molecule has 1 unspecified atom stereocenters. The second-order valence-corrected chi connectivity index (χ2v) is 4.29. The summed E-state index contributed by atoms with van der Waals surface area (Å²) in [5, 5.41) is 0. The van der Waals surface area contributed by atoms with Crippen molar-refractivity contribution in [3.05, 3.63) is 0 Å². The van der Waals surface area contributed by atoms with Gasteiger partial charge in [0.1, 0.15) is 17.7 Å². The standard InChI is InChI=1S/C10H16F2N2O3S/c11-8(12)6-16-3-1-9(15)14-2-4-17-7(5-14)10(13)18/h7-8H,1-6H2,(H2,13,18). The number of hydrogen-bond donors (Lipinski definition) is 1. The predicted molar refractivity (Wildman–Crippen MR) is 64.5 cm³/mol. The third-order valence-corrected chi connectivity index (χ3v) is 2.70. The molecule has 104 valence electrons. The van der Waals surface area contributed by atoms with E-state index in [1.54, 1.807) is 4.90 Å². The first-order chi connectivity index (χ1) is 8.50. The lowest BCUT2D eigenvalue weighted by Crippen LogP contribution is -2.50. The largest absolute Gasteiger partial charge is 0.391 e. The minimum atomic E-state index is -2.51. The van der Waals surface area contributed by atoms with E-state index in [9.17, 15) is 13.6 Å². The number of ether oxygens (including phenoxy) is 2. The molecule has 1 aliphatic heterocycles. The number of hydrogen-bond acceptors (Lipinski definition) is 4. The minimum absolute atomic E-state index is 0.0156. The van der Waals surface area contributed by atoms with E-state index in [0.717, 1.165) is 0 Å². The van der Waals surface area contributed by atoms with Crippen LogP contribution in [0.15, 0.2) is 0 Å². The molecule has 1 heterocycles. The van der Waals surface area contributed by atoms with Gasteiger partial charge in [0.25, 0.3) is 6.43 Å². The first-order valence-corrected chi connectivity index (χ1v) is 5.96. The van der Waals surface area contributed by atoms with E-state index >= 15 is 0 Å². The molecule has 0 aromatic heterocycles. The van der Waals surface area contributed by atoms with Gasteiger partial charge >= 0.3 is 0 Å². The van der Waals surface area contributed by atoms with Gasteiger partial charge in [-0.1, -0.05) is 12.2 Å². The van der Waals surface area contributed by atoms with E-state index < -0.39 is 19.1 Å². The van der Waals surface area contributed by atoms with Crippen molar-refractivity contribution in [2.24, 2.45) is 5.73 Å². The van der Waals surface area contributed by atoms with Crippen LogP contribution in [0, 0.1) is 0 Å². The minimum Gasteiger partial charge on any atom is -0.391 e. The van der Waals surface area contributed by atoms with Crippen LogP contribution in [0.1, 0.15) is 6.42 Å². The van der Waals surface area contributed by atoms with Crippen LogP contribution >= 0.6 is 12.2 Å². The zero-order valence-electron chi connectivity index (χ0n) is 9.81. The maximum atomic E-state index is 11.8. The molecule has 0 aromatic carbocycles. The lowest BCUT2D eigenvalue weighted by molar-refractivity contribution is -0.138. The Kier molecular flexibility index (Phi) is 6.37. The van der Waals surface area contributed by atoms with Crippen molar-refractivity contribution in [3.63, 3.8) is 0 Å². The highest BCUT2D eigenvalue weighted by atomic mass is 32.1. The van der Waals surface area contributed by atoms with Crippen LogP contribution in [0.2, 0.25) is 0 Å². The number of rotatable bonds is 6. The number of morpholine rings is 1. The number of amides is 1. The average molecular weight is 282 g/mol. The summed E-state index contributed by atoms with van der Waals surface area (Å²) in [6.45, 7) is 0.464. The monoisotopic (exact) mass is 282 g/mol. The van der Waals surface area contributed by atoms with Crippen molar-refractivity contribution in [1.82, 2.24) is 4.90 Å². The Morgan fingerprint density at radius 3 is 2.94 bits per heavy atom. The molecule has 18 heavy (non-hydrogen) atoms. The first-order valence-electron chi connectivity index (χ1n) is 5.55. The van der Waals surface area contributed by atoms with Crippen LogP contribution < -0.4 is 5.73 Å². The van der Waals surface area contributed by atoms with Gasteiger partial charge < -0.3 is 20.1 Å². The molecule has 0 aromatic rings. The van der Waals surface area contributed by atoms with Crippen LogP contribution in [0.4, 0.5) is 8.78 Å². The van der Waals surface area contributed by atoms with Crippen LogP contribution in [0.5, 0.6) is 0 Å². The Bertz CT molecular complexity index is 305. The van der Waals surface area contributed by atoms with Gasteiger partial charge in [-0.2, -0.15) is 0 Å². The third-order valence-electron chi connectivity index (χ3n) is 2.44. The average Bonchev–Trinajstić information content (AvgIpc) is 2.34. The number of nitrogens with zero attached hydrogens (tertiary/aromatic N) is 1. The Morgan fingerprint density at radius 1 is 1.61 bits per heavy atom. The van der Waals surface area contributed by atoms with Crippen molar-refractivity contribution in [3.8, 4) is 0 Å². The summed E-state index contributed by atoms with van der Waals surface area (Å²) in [7, 11) is 0. The summed E-state index contributed by atoms with van der Waals surface area (Å²) in [5.74, 6) is -0.172. The summed E-state index contributed by atoms with van der Waals surface area (Å²) in [5.41, 5.74) is 5.44. The van der Waals surface area contributed by atoms with Gasteiger partial charge in [0, 0.05) is 6.54 Å². The first kappa shape index (κ1) is 15.2. The van der Waals surface area contributed by atoms with E-state index in [4.69, 9.17) is 22.7 Å². The smallest absolute Gasteiger partial charge is 0.261 e. The molecule has 1 amide bonds. The van der Waals surface area contributed by atoms with Crippen LogP contribution in [0.25, 0.3) is 0 Å². The molecule has 1 rings (SSSR count). The summed E-state index contributed by atoms with van der Waals surface area (Å²) in [6.07, 6.45) is -2.88. The van der Waals surface area contributed by atoms with Crippen molar-refractivity contribution in [2.75, 3.05) is 32.9 Å². The number of nitrogens with two attached hydrogens (primary N) is 1. The number of thiocarbonyl (C=S) groups is 1. The number of carbonyl (C=O) groups is 1. The fourth-order valence-corrected chi connectivity index (χ4v) is 1.68. The molecule has 1 atom stereocenters. The molecule has 0 spiro atoms. The zero-order valence-corrected chi connectivity index (χ0v) is 10.6. The van der Waals surface area contributed by atoms with Gasteiger partial charge in [0.05, 0.1) is 26.2 Å². The maximum absolute atomic E-state index is 11.8. The predicted octanol–water partition coefficient (Wildman–Crippen LogP) is 0.172. The zero-order chi connectivity index (χ0) is 13.5. The van der Waals surface area contributed by atoms with Crippen molar-refractivity contribution >= 4 is 23.1 Å². The SMILES string of the molecule is NC(=S)C1CN(C(=O)CCOCC(F)F)CCO1. The van der Waals surface area contributed by atoms with Crippen LogP contribution in [0.3, 0.4) is 0 Å². The second kappa shape index (κ2) is 7.55. The molecule has 1 saturated heterocycles. The summed E-state index contributed by atoms with van der Waals surface area (Å²) >= 11 is 4.80. The molecule has 1 fully saturated rings. The van der Waals surface area contributed by atoms with Crippen molar-refractivity contribution < 1.29 is 23.0 Å². The summed E-state index contributed by atoms with van der Waals surface area (Å²) in [6, 6.07) is 0. The molecule has 8 heteroatoms. The van der Waals surface area contributed by atoms with Gasteiger partial charge in [0.15, 0.2) is 0 Å². The van der Waals surface area contributed by atoms with Gasteiger partial charge in [-0.3, -0.25) is 4.79 Å². The molecule has 1 aliphatic rings. The van der Waals surface area contributed by atoms with Gasteiger partial charge in [-0.25, -0.2) is 8.78 Å². The number of halogens is 2. The molecule has 0 bridgehead atoms. The van der Waals surface area contributed by atoms with Gasteiger partial charge in [-0.05, 0) is 0 Å². The Balaban J connectivity index is 2.26. The van der Waals surface area contributed by atoms with Crippen LogP contribution in [-0.2, 0) is 14.3 Å². The highest BCUT2D eigenvalue weighted by Gasteiger charge is 2.25. The highest BCUT2D eigenvalue weighted by Crippen LogP contribution is 2.07. The Hall–Kier alpha value is -0.860. The topological polar surface area (TPSA) is 64.8 Å². The fourth-order valence-electron chi connectivity index (χ4n) is 1.54. The van der Waals surface area contributed by atoms with Crippen LogP contribution in [-0.4, -0.2) is 61.2 Å². The van der Waals surface area contributed by atoms with E-state index in [0.29, 0.717) is 19.7 Å². The third kappa shape index (κ3) is 5.19. The Labute approximate surface area is 109 Å². The quantitative estimate of drug-likeness (QED) is 0.556. The van der Waals surface area contributed by atoms with E-state index in [-0.39, 0.29) is 23.9 Å². The lowest BCUT2D eigenvalue weighted by atomic mass is 10.2. The number of alkyl halides is 2. The molecule has 5 nitrogen and oxygen atoms in total. The highest BCUT2D eigenvalue weighted by molar-refractivity contribution is 7.80. The van der Waals surface area contributed by atoms with Gasteiger partial charge in [0.2, 0.25) is 5.91 Å². The molecular weight excluding hydrogens is 266 g/mol. The maximum Gasteiger partial charge on any atom is 0.261 e. The fraction of sp³-hybridized carbons (Fsp3) is 0.800. The summed E-state index contributed by atoms with van der Waals surface area (Å²) in [4.78, 5) is 13.5. The van der Waals surface area contributed by atoms with Gasteiger partial charge in [-0.15, -0.1) is 0 Å². The normalized spacial score (nSPS) is 20.2. The molecule has 0 saturated carbocycles. The van der Waals surface area contributed by atoms with Crippen molar-refractivity contribution in [1.29, 1.82) is 0 Å². The summed E-state index contributed by atoms with van der Waals surface area (Å²) < 4.78 is 33.5.